The van der Waals surface area contributed by atoms with E-state index < -0.39 is 53.1 Å². The van der Waals surface area contributed by atoms with Crippen LogP contribution in [0.1, 0.15) is 27.0 Å². The third-order valence-electron chi connectivity index (χ3n) is 30.9. The number of fused-ring (bicyclic) bond motifs is 35. The molecule has 18 aromatic carbocycles. The molecule has 0 saturated heterocycles. The third kappa shape index (κ3) is 13.4. The first-order valence-electron chi connectivity index (χ1n) is 50.0. The summed E-state index contributed by atoms with van der Waals surface area (Å²) in [5.74, 6) is 0.142. The molecule has 0 atom stereocenters. The first kappa shape index (κ1) is 89.2. The maximum atomic E-state index is 13.7. The number of rotatable bonds is 7. The molecule has 8 aliphatic heterocycles. The fraction of sp³-hybridized carbons (Fsp3) is 0.00758. The fourth-order valence-corrected chi connectivity index (χ4v) is 71.2. The number of hydrogen-bond acceptors (Lipinski definition) is 11. The Bertz CT molecular complexity index is 8810. The van der Waals surface area contributed by atoms with Crippen molar-refractivity contribution < 1.29 is 4.79 Å². The first-order valence-corrected chi connectivity index (χ1v) is 66.8. The van der Waals surface area contributed by atoms with Gasteiger partial charge in [-0.15, -0.1) is 0 Å². The van der Waals surface area contributed by atoms with Crippen molar-refractivity contribution in [2.75, 3.05) is 24.5 Å². The summed E-state index contributed by atoms with van der Waals surface area (Å²) in [6.07, 6.45) is 7.63. The molecule has 4 aromatic heterocycles. The van der Waals surface area contributed by atoms with E-state index in [-0.39, 0.29) is 5.78 Å². The second-order valence-corrected chi connectivity index (χ2v) is 68.9. The number of nitriles is 1. The Kier molecular flexibility index (Phi) is 21.9. The Labute approximate surface area is 869 Å². The van der Waals surface area contributed by atoms with Crippen LogP contribution in [0.5, 0.6) is 0 Å². The van der Waals surface area contributed by atoms with Crippen LogP contribution in [0, 0.1) is 24.8 Å². The molecule has 8 aliphatic rings. The second-order valence-electron chi connectivity index (χ2n) is 38.2. The van der Waals surface area contributed by atoms with Crippen LogP contribution in [0.2, 0.25) is 0 Å². The van der Waals surface area contributed by atoms with Gasteiger partial charge < -0.3 is 0 Å². The first-order chi connectivity index (χ1) is 73.2. The number of carbonyl (C=O) groups is 1. The fourth-order valence-electron chi connectivity index (χ4n) is 25.3. The number of para-hydroxylation sites is 12. The molecule has 22 aromatic rings. The Morgan fingerprint density at radius 2 is 0.520 bits per heavy atom. The van der Waals surface area contributed by atoms with Crippen molar-refractivity contribution in [3.8, 4) is 40.0 Å². The summed E-state index contributed by atoms with van der Waals surface area (Å²) in [7, 11) is 0. The predicted molar refractivity (Wildman–Crippen MR) is 615 cm³/mol. The number of anilines is 15. The molecule has 0 aliphatic carbocycles. The zero-order chi connectivity index (χ0) is 98.8. The van der Waals surface area contributed by atoms with E-state index in [0.717, 1.165) is 68.0 Å². The van der Waals surface area contributed by atoms with Crippen molar-refractivity contribution >= 4 is 220 Å². The molecule has 16 heteroatoms. The van der Waals surface area contributed by atoms with Crippen LogP contribution < -0.4 is 94.8 Å². The van der Waals surface area contributed by atoms with Crippen LogP contribution in [0.4, 0.5) is 91.0 Å². The molecular formula is C132H89Ge4N11O. The van der Waals surface area contributed by atoms with Crippen LogP contribution in [-0.2, 0) is 0 Å². The molecule has 148 heavy (non-hydrogen) atoms. The molecule has 0 radical (unpaired) electrons. The number of aryl methyl sites for hydroxylation is 1. The van der Waals surface area contributed by atoms with E-state index in [2.05, 4.69) is 497 Å². The van der Waals surface area contributed by atoms with E-state index in [0.29, 0.717) is 11.3 Å². The summed E-state index contributed by atoms with van der Waals surface area (Å²) in [6.45, 7) is 9.98. The molecule has 4 spiro atoms. The van der Waals surface area contributed by atoms with Gasteiger partial charge in [0.25, 0.3) is 0 Å². The average molecular weight is 2140 g/mol. The van der Waals surface area contributed by atoms with E-state index >= 15 is 0 Å². The van der Waals surface area contributed by atoms with Gasteiger partial charge in [-0.2, -0.15) is 0 Å². The quantitative estimate of drug-likeness (QED) is 0.112. The van der Waals surface area contributed by atoms with Crippen LogP contribution >= 0.6 is 0 Å². The van der Waals surface area contributed by atoms with Crippen molar-refractivity contribution in [1.82, 2.24) is 19.9 Å². The number of carbonyl (C=O) groups excluding carboxylic acids is 1. The molecule has 0 saturated carbocycles. The Morgan fingerprint density at radius 3 is 0.878 bits per heavy atom. The van der Waals surface area contributed by atoms with Gasteiger partial charge in [-0.05, 0) is 0 Å². The number of aromatic nitrogens is 4. The zero-order valence-corrected chi connectivity index (χ0v) is 88.9. The van der Waals surface area contributed by atoms with E-state index in [1.54, 1.807) is 0 Å². The van der Waals surface area contributed by atoms with Crippen LogP contribution in [0.3, 0.4) is 0 Å². The van der Waals surface area contributed by atoms with E-state index in [1.807, 2.05) is 67.3 Å². The van der Waals surface area contributed by atoms with Crippen molar-refractivity contribution in [3.63, 3.8) is 0 Å². The number of benzene rings is 18. The predicted octanol–water partition coefficient (Wildman–Crippen LogP) is 20.7. The molecule has 0 amide bonds. The summed E-state index contributed by atoms with van der Waals surface area (Å²) in [4.78, 5) is 49.2. The molecule has 0 N–H and O–H groups in total. The van der Waals surface area contributed by atoms with E-state index in [1.165, 1.54) is 138 Å². The monoisotopic (exact) mass is 2140 g/mol. The third-order valence-corrected chi connectivity index (χ3v) is 72.0. The van der Waals surface area contributed by atoms with Gasteiger partial charge in [-0.3, -0.25) is 0 Å². The summed E-state index contributed by atoms with van der Waals surface area (Å²) in [5.41, 5.74) is 28.6. The minimum absolute atomic E-state index is 0.142. The van der Waals surface area contributed by atoms with Crippen molar-refractivity contribution in [3.05, 3.63) is 556 Å². The summed E-state index contributed by atoms with van der Waals surface area (Å²) in [6, 6.07) is 180. The average Bonchev–Trinajstić information content (AvgIpc) is 1.64. The Morgan fingerprint density at radius 1 is 0.243 bits per heavy atom. The van der Waals surface area contributed by atoms with Gasteiger partial charge in [0.2, 0.25) is 0 Å². The van der Waals surface area contributed by atoms with Gasteiger partial charge in [0.05, 0.1) is 0 Å². The molecule has 0 unspecified atom stereocenters. The second kappa shape index (κ2) is 36.3. The molecule has 30 rings (SSSR count). The standard InChI is InChI=1S/C41H30GeN4.C32H19GeN3.C31H21GeNO.C28H19GeN3/c1-29-21-23-38-36(27-29)42(34-19-11-25-43-40(34)41-35(42)20-12-26-44-41)37-28-33(22-24-39(37)46(38)32-17-9-4-10-18-32)45(30-13-5-2-6-14-30)31-15-7-3-8-16-31;1-35-23-16-18-26-25-17-15-22(21-34)19-29(25)33(30(26)20-23)27-11-5-7-13-31(27)36(24-9-3-2-4-10-24)32-14-8-6-12-28(32)33;34-31-23-14-4-6-16-25(23)32(26-17-7-5-15-24(26)31)27-18-8-10-20-29(27)33(22-12-2-1-3-13-22)30-21-11-9-19-28(30)32;1-2-10-20(11-3-1)32-25-16-6-4-12-21(25)29(22-13-5-7-17-26(22)32)23-14-8-18-30-27(23)28-24(29)15-9-19-31-28/h2-28H,1H3;2-20H;1-21H;1-19H. The molecule has 694 valence electrons. The zero-order valence-electron chi connectivity index (χ0n) is 80.5. The summed E-state index contributed by atoms with van der Waals surface area (Å²) >= 11 is -14.0. The minimum atomic E-state index is -3.67. The Balaban J connectivity index is 0.0000000984. The number of nitrogens with zero attached hydrogens (tertiary/aromatic N) is 11. The molecule has 12 heterocycles. The van der Waals surface area contributed by atoms with Crippen LogP contribution in [0.15, 0.2) is 522 Å². The summed E-state index contributed by atoms with van der Waals surface area (Å²) in [5, 5.41) is 9.86. The van der Waals surface area contributed by atoms with Crippen LogP contribution in [0.25, 0.3) is 38.7 Å². The van der Waals surface area contributed by atoms with E-state index in [4.69, 9.17) is 26.5 Å². The molecule has 0 fully saturated rings. The van der Waals surface area contributed by atoms with Gasteiger partial charge in [-0.1, -0.05) is 0 Å². The number of ketones is 1. The van der Waals surface area contributed by atoms with Gasteiger partial charge in [-0.25, -0.2) is 0 Å². The number of pyridine rings is 4. The van der Waals surface area contributed by atoms with E-state index in [9.17, 15) is 10.1 Å². The SMILES string of the molecule is Cc1ccc2[c](c1)[Ge]1([c]3cc(N(c4ccccc4)c4ccccc4)ccc3N2c2ccccc2)[c]2cccnc2-c2nccc[c]21.O=C1c2cccc[c]2[Ge]2([c]3ccccc31)[c]1ccccc1N(c1ccccc1)c1cccc[c]12.[C-]#[N+]c1ccc2[c](c1)[Ge]1([c]3cc(C#N)ccc3-2)[c]2ccccc2N(c2ccccc2)c2cccc[c]21.c1ccc(N2c3cccc[c]3[Ge]3([c]4ccccc42)[c]2cccnc2-c2nccc[c]23)cc1. The van der Waals surface area contributed by atoms with Crippen LogP contribution in [-0.4, -0.2) is 78.8 Å². The van der Waals surface area contributed by atoms with Crippen molar-refractivity contribution in [2.24, 2.45) is 0 Å². The summed E-state index contributed by atoms with van der Waals surface area (Å²) < 4.78 is 21.6. The Hall–Kier alpha value is -17.6. The van der Waals surface area contributed by atoms with Gasteiger partial charge in [0, 0.05) is 0 Å². The molecule has 0 bridgehead atoms. The van der Waals surface area contributed by atoms with Crippen molar-refractivity contribution in [2.45, 2.75) is 6.92 Å². The van der Waals surface area contributed by atoms with Gasteiger partial charge in [0.1, 0.15) is 0 Å². The number of hydrogen-bond donors (Lipinski definition) is 0. The maximum absolute atomic E-state index is 13.7. The molecular weight excluding hydrogens is 2050 g/mol. The molecule has 12 nitrogen and oxygen atoms in total. The van der Waals surface area contributed by atoms with Crippen molar-refractivity contribution in [1.29, 1.82) is 5.26 Å². The van der Waals surface area contributed by atoms with Gasteiger partial charge >= 0.3 is 877 Å². The van der Waals surface area contributed by atoms with Gasteiger partial charge in [0.15, 0.2) is 0 Å². The topological polar surface area (TPSA) is 113 Å². The normalized spacial score (nSPS) is 14.0.